The summed E-state index contributed by atoms with van der Waals surface area (Å²) in [7, 11) is 0. The summed E-state index contributed by atoms with van der Waals surface area (Å²) in [6.07, 6.45) is 6.68. The van der Waals surface area contributed by atoms with E-state index in [9.17, 15) is 0 Å². The van der Waals surface area contributed by atoms with Crippen LogP contribution in [0.2, 0.25) is 0 Å². The van der Waals surface area contributed by atoms with Gasteiger partial charge in [-0.05, 0) is 30.4 Å². The van der Waals surface area contributed by atoms with E-state index in [-0.39, 0.29) is 6.61 Å². The Bertz CT molecular complexity index is 536. The molecule has 3 rings (SSSR count). The second-order valence-electron chi connectivity index (χ2n) is 4.82. The summed E-state index contributed by atoms with van der Waals surface area (Å²) in [6, 6.07) is 8.60. The number of hydrogen-bond donors (Lipinski definition) is 1. The van der Waals surface area contributed by atoms with E-state index in [4.69, 9.17) is 5.11 Å². The molecule has 0 spiro atoms. The zero-order valence-corrected chi connectivity index (χ0v) is 10.2. The van der Waals surface area contributed by atoms with E-state index < -0.39 is 0 Å². The van der Waals surface area contributed by atoms with Crippen LogP contribution in [0.1, 0.15) is 34.9 Å². The highest BCUT2D eigenvalue weighted by Crippen LogP contribution is 2.30. The molecule has 1 aromatic heterocycles. The lowest BCUT2D eigenvalue weighted by Crippen LogP contribution is -2.15. The van der Waals surface area contributed by atoms with Crippen molar-refractivity contribution in [3.63, 3.8) is 0 Å². The van der Waals surface area contributed by atoms with E-state index in [0.717, 1.165) is 30.7 Å². The zero-order chi connectivity index (χ0) is 12.4. The Kier molecular flexibility index (Phi) is 3.07. The van der Waals surface area contributed by atoms with Gasteiger partial charge in [-0.15, -0.1) is 0 Å². The summed E-state index contributed by atoms with van der Waals surface area (Å²) in [5, 5.41) is 8.99. The van der Waals surface area contributed by atoms with Gasteiger partial charge in [0, 0.05) is 23.9 Å². The minimum absolute atomic E-state index is 0.00772. The lowest BCUT2D eigenvalue weighted by Gasteiger charge is -2.23. The van der Waals surface area contributed by atoms with Gasteiger partial charge in [0.25, 0.3) is 0 Å². The van der Waals surface area contributed by atoms with Gasteiger partial charge in [0.05, 0.1) is 6.61 Å². The normalized spacial score (nSPS) is 18.4. The summed E-state index contributed by atoms with van der Waals surface area (Å²) in [4.78, 5) is 8.75. The molecule has 1 atom stereocenters. The Hall–Kier alpha value is -1.74. The van der Waals surface area contributed by atoms with Crippen LogP contribution in [0.3, 0.4) is 0 Å². The lowest BCUT2D eigenvalue weighted by molar-refractivity contribution is 0.280. The third-order valence-electron chi connectivity index (χ3n) is 3.62. The Labute approximate surface area is 107 Å². The van der Waals surface area contributed by atoms with Crippen LogP contribution in [0.15, 0.2) is 36.7 Å². The molecule has 1 heterocycles. The second-order valence-corrected chi connectivity index (χ2v) is 4.82. The molecule has 1 aliphatic carbocycles. The average molecular weight is 240 g/mol. The molecule has 18 heavy (non-hydrogen) atoms. The largest absolute Gasteiger partial charge is 0.392 e. The number of fused-ring (bicyclic) bond motifs is 1. The predicted molar refractivity (Wildman–Crippen MR) is 69.2 cm³/mol. The number of hydrogen-bond acceptors (Lipinski definition) is 3. The molecule has 1 aromatic carbocycles. The van der Waals surface area contributed by atoms with E-state index in [1.807, 2.05) is 0 Å². The fraction of sp³-hybridized carbons (Fsp3) is 0.333. The zero-order valence-electron chi connectivity index (χ0n) is 10.2. The third kappa shape index (κ3) is 2.14. The number of aromatic nitrogens is 2. The highest BCUT2D eigenvalue weighted by molar-refractivity contribution is 5.31. The van der Waals surface area contributed by atoms with Gasteiger partial charge in [0.1, 0.15) is 5.82 Å². The SMILES string of the molecule is OCc1cnc(C2CCc3ccccc3C2)nc1. The van der Waals surface area contributed by atoms with Gasteiger partial charge in [-0.2, -0.15) is 0 Å². The minimum atomic E-state index is 0.00772. The van der Waals surface area contributed by atoms with Crippen molar-refractivity contribution in [2.75, 3.05) is 0 Å². The van der Waals surface area contributed by atoms with Crippen LogP contribution in [-0.4, -0.2) is 15.1 Å². The van der Waals surface area contributed by atoms with Crippen molar-refractivity contribution in [3.8, 4) is 0 Å². The molecule has 2 aromatic rings. The van der Waals surface area contributed by atoms with Gasteiger partial charge in [-0.3, -0.25) is 0 Å². The lowest BCUT2D eigenvalue weighted by atomic mass is 9.83. The molecule has 0 fully saturated rings. The number of aryl methyl sites for hydroxylation is 1. The van der Waals surface area contributed by atoms with Gasteiger partial charge < -0.3 is 5.11 Å². The summed E-state index contributed by atoms with van der Waals surface area (Å²) in [5.41, 5.74) is 3.65. The quantitative estimate of drug-likeness (QED) is 0.875. The molecular formula is C15H16N2O. The first-order chi connectivity index (χ1) is 8.86. The van der Waals surface area contributed by atoms with Crippen LogP contribution < -0.4 is 0 Å². The number of benzene rings is 1. The van der Waals surface area contributed by atoms with Crippen molar-refractivity contribution >= 4 is 0 Å². The number of rotatable bonds is 2. The van der Waals surface area contributed by atoms with Gasteiger partial charge in [0.2, 0.25) is 0 Å². The Morgan fingerprint density at radius 1 is 1.11 bits per heavy atom. The number of aliphatic hydroxyl groups is 1. The van der Waals surface area contributed by atoms with Gasteiger partial charge in [-0.1, -0.05) is 24.3 Å². The highest BCUT2D eigenvalue weighted by Gasteiger charge is 2.21. The number of nitrogens with zero attached hydrogens (tertiary/aromatic N) is 2. The molecule has 0 amide bonds. The Morgan fingerprint density at radius 2 is 1.83 bits per heavy atom. The smallest absolute Gasteiger partial charge is 0.131 e. The monoisotopic (exact) mass is 240 g/mol. The maximum atomic E-state index is 8.99. The van der Waals surface area contributed by atoms with Gasteiger partial charge in [0.15, 0.2) is 0 Å². The summed E-state index contributed by atoms with van der Waals surface area (Å²) >= 11 is 0. The predicted octanol–water partition coefficient (Wildman–Crippen LogP) is 2.24. The molecule has 0 aliphatic heterocycles. The number of aliphatic hydroxyl groups excluding tert-OH is 1. The van der Waals surface area contributed by atoms with Crippen molar-refractivity contribution < 1.29 is 5.11 Å². The molecule has 92 valence electrons. The highest BCUT2D eigenvalue weighted by atomic mass is 16.3. The van der Waals surface area contributed by atoms with Crippen LogP contribution in [0.25, 0.3) is 0 Å². The third-order valence-corrected chi connectivity index (χ3v) is 3.62. The van der Waals surface area contributed by atoms with E-state index in [1.54, 1.807) is 12.4 Å². The average Bonchev–Trinajstić information content (AvgIpc) is 2.47. The first kappa shape index (κ1) is 11.4. The summed E-state index contributed by atoms with van der Waals surface area (Å²) < 4.78 is 0. The summed E-state index contributed by atoms with van der Waals surface area (Å²) in [5.74, 6) is 1.31. The second kappa shape index (κ2) is 4.86. The molecule has 1 unspecified atom stereocenters. The molecule has 0 saturated heterocycles. The summed E-state index contributed by atoms with van der Waals surface area (Å²) in [6.45, 7) is 0.00772. The molecule has 0 saturated carbocycles. The van der Waals surface area contributed by atoms with Gasteiger partial charge in [-0.25, -0.2) is 9.97 Å². The fourth-order valence-electron chi connectivity index (χ4n) is 2.58. The van der Waals surface area contributed by atoms with Crippen molar-refractivity contribution in [3.05, 3.63) is 59.2 Å². The van der Waals surface area contributed by atoms with E-state index in [2.05, 4.69) is 34.2 Å². The van der Waals surface area contributed by atoms with Gasteiger partial charge >= 0.3 is 0 Å². The first-order valence-corrected chi connectivity index (χ1v) is 6.35. The van der Waals surface area contributed by atoms with Crippen LogP contribution in [-0.2, 0) is 19.4 Å². The standard InChI is InChI=1S/C15H16N2O/c18-10-11-8-16-15(17-9-11)14-6-5-12-3-1-2-4-13(12)7-14/h1-4,8-9,14,18H,5-7,10H2. The van der Waals surface area contributed by atoms with Crippen molar-refractivity contribution in [2.45, 2.75) is 31.8 Å². The maximum absolute atomic E-state index is 8.99. The van der Waals surface area contributed by atoms with E-state index in [0.29, 0.717) is 5.92 Å². The van der Waals surface area contributed by atoms with Crippen LogP contribution in [0, 0.1) is 0 Å². The van der Waals surface area contributed by atoms with Crippen LogP contribution >= 0.6 is 0 Å². The minimum Gasteiger partial charge on any atom is -0.392 e. The Morgan fingerprint density at radius 3 is 2.56 bits per heavy atom. The molecule has 3 heteroatoms. The first-order valence-electron chi connectivity index (χ1n) is 6.35. The van der Waals surface area contributed by atoms with Crippen molar-refractivity contribution in [1.82, 2.24) is 9.97 Å². The van der Waals surface area contributed by atoms with Crippen LogP contribution in [0.5, 0.6) is 0 Å². The Balaban J connectivity index is 1.82. The van der Waals surface area contributed by atoms with Crippen molar-refractivity contribution in [1.29, 1.82) is 0 Å². The topological polar surface area (TPSA) is 46.0 Å². The fourth-order valence-corrected chi connectivity index (χ4v) is 2.58. The molecule has 1 aliphatic rings. The van der Waals surface area contributed by atoms with Crippen molar-refractivity contribution in [2.24, 2.45) is 0 Å². The van der Waals surface area contributed by atoms with E-state index in [1.165, 1.54) is 11.1 Å². The van der Waals surface area contributed by atoms with E-state index >= 15 is 0 Å². The molecule has 0 radical (unpaired) electrons. The van der Waals surface area contributed by atoms with Crippen LogP contribution in [0.4, 0.5) is 0 Å². The maximum Gasteiger partial charge on any atom is 0.131 e. The molecule has 1 N–H and O–H groups in total. The molecule has 0 bridgehead atoms. The molecule has 3 nitrogen and oxygen atoms in total. The molecular weight excluding hydrogens is 224 g/mol.